The highest BCUT2D eigenvalue weighted by Gasteiger charge is 2.15. The van der Waals surface area contributed by atoms with E-state index in [1.54, 1.807) is 18.3 Å². The maximum absolute atomic E-state index is 10.6. The quantitative estimate of drug-likeness (QED) is 0.396. The van der Waals surface area contributed by atoms with Crippen LogP contribution >= 0.6 is 11.3 Å². The van der Waals surface area contributed by atoms with Gasteiger partial charge in [0.15, 0.2) is 10.7 Å². The van der Waals surface area contributed by atoms with Gasteiger partial charge in [-0.1, -0.05) is 68.4 Å². The number of benzene rings is 2. The average molecular weight is 463 g/mol. The molecule has 1 aliphatic heterocycles. The number of fused-ring (bicyclic) bond motifs is 1. The van der Waals surface area contributed by atoms with Gasteiger partial charge in [0.25, 0.3) is 0 Å². The van der Waals surface area contributed by atoms with Crippen LogP contribution in [0.5, 0.6) is 0 Å². The molecule has 1 N–H and O–H groups in total. The van der Waals surface area contributed by atoms with E-state index in [0.29, 0.717) is 0 Å². The Kier molecular flexibility index (Phi) is 9.36. The van der Waals surface area contributed by atoms with Gasteiger partial charge in [0.05, 0.1) is 5.69 Å². The van der Waals surface area contributed by atoms with Crippen molar-refractivity contribution in [2.45, 2.75) is 34.2 Å². The SMILES string of the molecule is CC.CC(=O)c1ccccc1.Cc1ccccc1-c1cn2c(CN3CCNCC3)csc2n1. The van der Waals surface area contributed by atoms with Gasteiger partial charge in [-0.2, -0.15) is 0 Å². The summed E-state index contributed by atoms with van der Waals surface area (Å²) in [5.74, 6) is 0.121. The number of aryl methyl sites for hydroxylation is 1. The summed E-state index contributed by atoms with van der Waals surface area (Å²) in [6.45, 7) is 13.1. The molecule has 174 valence electrons. The van der Waals surface area contributed by atoms with Gasteiger partial charge in [0.1, 0.15) is 0 Å². The zero-order chi connectivity index (χ0) is 23.6. The topological polar surface area (TPSA) is 49.6 Å². The molecule has 1 fully saturated rings. The lowest BCUT2D eigenvalue weighted by molar-refractivity contribution is 0.101. The number of aromatic nitrogens is 2. The molecule has 0 amide bonds. The van der Waals surface area contributed by atoms with Crippen molar-refractivity contribution in [3.8, 4) is 11.3 Å². The number of hydrogen-bond acceptors (Lipinski definition) is 5. The normalized spacial score (nSPS) is 13.6. The molecule has 4 aromatic rings. The fourth-order valence-corrected chi connectivity index (χ4v) is 4.57. The van der Waals surface area contributed by atoms with Gasteiger partial charge in [-0.15, -0.1) is 11.3 Å². The zero-order valence-corrected chi connectivity index (χ0v) is 20.9. The number of nitrogens with one attached hydrogen (secondary N) is 1. The molecular weight excluding hydrogens is 428 g/mol. The summed E-state index contributed by atoms with van der Waals surface area (Å²) in [5.41, 5.74) is 5.70. The second-order valence-electron chi connectivity index (χ2n) is 7.77. The summed E-state index contributed by atoms with van der Waals surface area (Å²) >= 11 is 1.73. The van der Waals surface area contributed by atoms with Crippen molar-refractivity contribution in [3.05, 3.63) is 83.0 Å². The number of carbonyl (C=O) groups excluding carboxylic acids is 1. The predicted octanol–water partition coefficient (Wildman–Crippen LogP) is 5.69. The van der Waals surface area contributed by atoms with Crippen molar-refractivity contribution < 1.29 is 4.79 Å². The zero-order valence-electron chi connectivity index (χ0n) is 20.0. The largest absolute Gasteiger partial charge is 0.314 e. The minimum absolute atomic E-state index is 0.121. The number of imidazole rings is 1. The average Bonchev–Trinajstić information content (AvgIpc) is 3.44. The fourth-order valence-electron chi connectivity index (χ4n) is 3.70. The molecule has 5 rings (SSSR count). The van der Waals surface area contributed by atoms with Gasteiger partial charge in [-0.25, -0.2) is 4.98 Å². The molecule has 6 heteroatoms. The first kappa shape index (κ1) is 24.8. The van der Waals surface area contributed by atoms with E-state index >= 15 is 0 Å². The maximum atomic E-state index is 10.6. The van der Waals surface area contributed by atoms with Crippen LogP contribution in [0.3, 0.4) is 0 Å². The number of piperazine rings is 1. The van der Waals surface area contributed by atoms with Crippen LogP contribution in [0.2, 0.25) is 0 Å². The molecule has 0 aliphatic carbocycles. The number of nitrogens with zero attached hydrogens (tertiary/aromatic N) is 3. The first-order valence-corrected chi connectivity index (χ1v) is 12.5. The molecule has 0 bridgehead atoms. The third-order valence-corrected chi connectivity index (χ3v) is 6.37. The van der Waals surface area contributed by atoms with E-state index in [1.165, 1.54) is 16.8 Å². The Morgan fingerprint density at radius 2 is 1.70 bits per heavy atom. The molecule has 0 unspecified atom stereocenters. The molecule has 5 nitrogen and oxygen atoms in total. The Bertz CT molecular complexity index is 1140. The van der Waals surface area contributed by atoms with Gasteiger partial charge < -0.3 is 5.32 Å². The summed E-state index contributed by atoms with van der Waals surface area (Å²) < 4.78 is 2.26. The first-order chi connectivity index (χ1) is 16.1. The molecule has 3 heterocycles. The number of thiazole rings is 1. The molecule has 1 aliphatic rings. The lowest BCUT2D eigenvalue weighted by Crippen LogP contribution is -2.43. The van der Waals surface area contributed by atoms with Gasteiger partial charge in [-0.05, 0) is 19.4 Å². The van der Waals surface area contributed by atoms with Crippen LogP contribution in [0.25, 0.3) is 16.2 Å². The predicted molar refractivity (Wildman–Crippen MR) is 139 cm³/mol. The highest BCUT2D eigenvalue weighted by atomic mass is 32.1. The second kappa shape index (κ2) is 12.4. The minimum Gasteiger partial charge on any atom is -0.314 e. The number of Topliss-reactive ketones (excluding diaryl/α,β-unsaturated/α-hetero) is 1. The Balaban J connectivity index is 0.000000234. The number of rotatable bonds is 4. The third kappa shape index (κ3) is 6.60. The summed E-state index contributed by atoms with van der Waals surface area (Å²) in [6.07, 6.45) is 2.19. The van der Waals surface area contributed by atoms with Crippen LogP contribution in [0.1, 0.15) is 42.4 Å². The highest BCUT2D eigenvalue weighted by molar-refractivity contribution is 7.15. The second-order valence-corrected chi connectivity index (χ2v) is 8.61. The molecular formula is C27H34N4OS. The van der Waals surface area contributed by atoms with Crippen molar-refractivity contribution in [2.75, 3.05) is 26.2 Å². The third-order valence-electron chi connectivity index (χ3n) is 5.48. The van der Waals surface area contributed by atoms with Crippen LogP contribution in [0.4, 0.5) is 0 Å². The molecule has 2 aromatic carbocycles. The van der Waals surface area contributed by atoms with Crippen LogP contribution < -0.4 is 5.32 Å². The van der Waals surface area contributed by atoms with E-state index in [4.69, 9.17) is 4.98 Å². The van der Waals surface area contributed by atoms with Crippen molar-refractivity contribution in [1.82, 2.24) is 19.6 Å². The van der Waals surface area contributed by atoms with Crippen molar-refractivity contribution in [3.63, 3.8) is 0 Å². The van der Waals surface area contributed by atoms with Crippen molar-refractivity contribution in [1.29, 1.82) is 0 Å². The molecule has 0 spiro atoms. The van der Waals surface area contributed by atoms with Crippen molar-refractivity contribution in [2.24, 2.45) is 0 Å². The first-order valence-electron chi connectivity index (χ1n) is 11.6. The minimum atomic E-state index is 0.121. The molecule has 0 radical (unpaired) electrons. The number of hydrogen-bond donors (Lipinski definition) is 1. The number of carbonyl (C=O) groups is 1. The lowest BCUT2D eigenvalue weighted by atomic mass is 10.1. The van der Waals surface area contributed by atoms with E-state index in [9.17, 15) is 4.79 Å². The molecule has 0 saturated carbocycles. The van der Waals surface area contributed by atoms with Gasteiger partial charge in [-0.3, -0.25) is 14.1 Å². The summed E-state index contributed by atoms with van der Waals surface area (Å²) in [5, 5.41) is 5.65. The highest BCUT2D eigenvalue weighted by Crippen LogP contribution is 2.26. The molecule has 1 saturated heterocycles. The van der Waals surface area contributed by atoms with Crippen LogP contribution in [0.15, 0.2) is 66.2 Å². The molecule has 2 aromatic heterocycles. The smallest absolute Gasteiger partial charge is 0.194 e. The Morgan fingerprint density at radius 1 is 1.03 bits per heavy atom. The van der Waals surface area contributed by atoms with E-state index < -0.39 is 0 Å². The molecule has 33 heavy (non-hydrogen) atoms. The monoisotopic (exact) mass is 462 g/mol. The maximum Gasteiger partial charge on any atom is 0.194 e. The number of ketones is 1. The summed E-state index contributed by atoms with van der Waals surface area (Å²) in [7, 11) is 0. The van der Waals surface area contributed by atoms with Gasteiger partial charge in [0, 0.05) is 61.1 Å². The summed E-state index contributed by atoms with van der Waals surface area (Å²) in [4.78, 5) is 19.0. The van der Waals surface area contributed by atoms with Gasteiger partial charge >= 0.3 is 0 Å². The Labute approximate surface area is 201 Å². The Hall–Kier alpha value is -2.80. The standard InChI is InChI=1S/C17H20N4S.C8H8O.C2H6/c1-13-4-2-3-5-15(13)16-11-21-14(12-22-17(21)19-16)10-20-8-6-18-7-9-20;1-7(9)8-5-3-2-4-6-8;1-2/h2-5,11-12,18H,6-10H2,1H3;2-6H,1H3;1-2H3. The molecule has 0 atom stereocenters. The van der Waals surface area contributed by atoms with Crippen molar-refractivity contribution >= 4 is 22.1 Å². The van der Waals surface area contributed by atoms with E-state index in [1.807, 2.05) is 44.2 Å². The van der Waals surface area contributed by atoms with Crippen LogP contribution in [-0.2, 0) is 6.54 Å². The Morgan fingerprint density at radius 3 is 2.33 bits per heavy atom. The van der Waals surface area contributed by atoms with E-state index in [2.05, 4.69) is 57.4 Å². The van der Waals surface area contributed by atoms with Gasteiger partial charge in [0.2, 0.25) is 0 Å². The van der Waals surface area contributed by atoms with E-state index in [0.717, 1.165) is 48.9 Å². The summed E-state index contributed by atoms with van der Waals surface area (Å²) in [6, 6.07) is 17.7. The lowest BCUT2D eigenvalue weighted by Gasteiger charge is -2.26. The van der Waals surface area contributed by atoms with Crippen LogP contribution in [0, 0.1) is 6.92 Å². The fraction of sp³-hybridized carbons (Fsp3) is 0.333. The van der Waals surface area contributed by atoms with E-state index in [-0.39, 0.29) is 5.78 Å². The van der Waals surface area contributed by atoms with Crippen LogP contribution in [-0.4, -0.2) is 46.2 Å².